The Bertz CT molecular complexity index is 564. The van der Waals surface area contributed by atoms with E-state index >= 15 is 0 Å². The first kappa shape index (κ1) is 14.4. The first-order chi connectivity index (χ1) is 9.38. The van der Waals surface area contributed by atoms with E-state index in [2.05, 4.69) is 5.32 Å². The number of nitrogens with one attached hydrogen (secondary N) is 1. The van der Waals surface area contributed by atoms with Gasteiger partial charge in [0.15, 0.2) is 0 Å². The fraction of sp³-hybridized carbons (Fsp3) is 0.417. The van der Waals surface area contributed by atoms with E-state index in [-0.39, 0.29) is 11.7 Å². The molecule has 3 N–H and O–H groups in total. The lowest BCUT2D eigenvalue weighted by Gasteiger charge is -2.13. The molecule has 108 valence electrons. The molecule has 1 aliphatic rings. The van der Waals surface area contributed by atoms with Gasteiger partial charge in [-0.3, -0.25) is 9.59 Å². The molecule has 1 aliphatic carbocycles. The Hall–Kier alpha value is -2.02. The smallest absolute Gasteiger partial charge is 0.326 e. The number of carbonyl (C=O) groups is 3. The van der Waals surface area contributed by atoms with Crippen LogP contribution in [0.5, 0.6) is 0 Å². The van der Waals surface area contributed by atoms with Crippen molar-refractivity contribution in [3.63, 3.8) is 0 Å². The van der Waals surface area contributed by atoms with Gasteiger partial charge in [0.05, 0.1) is 11.4 Å². The van der Waals surface area contributed by atoms with E-state index < -0.39 is 30.3 Å². The van der Waals surface area contributed by atoms with Crippen molar-refractivity contribution in [3.8, 4) is 0 Å². The minimum absolute atomic E-state index is 0.200. The van der Waals surface area contributed by atoms with Crippen molar-refractivity contribution >= 4 is 29.4 Å². The highest BCUT2D eigenvalue weighted by molar-refractivity contribution is 6.31. The molecule has 0 aromatic carbocycles. The molecule has 2 rings (SSSR count). The second-order valence-corrected chi connectivity index (χ2v) is 5.08. The third kappa shape index (κ3) is 3.30. The molecule has 0 saturated heterocycles. The van der Waals surface area contributed by atoms with Crippen LogP contribution in [0.15, 0.2) is 12.3 Å². The molecule has 1 saturated carbocycles. The van der Waals surface area contributed by atoms with Crippen molar-refractivity contribution < 1.29 is 24.6 Å². The summed E-state index contributed by atoms with van der Waals surface area (Å²) in [4.78, 5) is 33.6. The van der Waals surface area contributed by atoms with Gasteiger partial charge in [-0.2, -0.15) is 0 Å². The van der Waals surface area contributed by atoms with E-state index in [1.54, 1.807) is 10.8 Å². The summed E-state index contributed by atoms with van der Waals surface area (Å²) in [5, 5.41) is 20.1. The molecular formula is C12H13ClN2O5. The quantitative estimate of drug-likeness (QED) is 0.730. The van der Waals surface area contributed by atoms with Crippen molar-refractivity contribution in [2.24, 2.45) is 0 Å². The molecule has 1 fully saturated rings. The predicted octanol–water partition coefficient (Wildman–Crippen LogP) is 1.13. The van der Waals surface area contributed by atoms with Crippen LogP contribution in [-0.4, -0.2) is 38.7 Å². The van der Waals surface area contributed by atoms with Gasteiger partial charge in [0, 0.05) is 12.2 Å². The van der Waals surface area contributed by atoms with Crippen LogP contribution in [0.2, 0.25) is 5.02 Å². The van der Waals surface area contributed by atoms with Crippen LogP contribution in [-0.2, 0) is 9.59 Å². The lowest BCUT2D eigenvalue weighted by molar-refractivity contribution is -0.145. The van der Waals surface area contributed by atoms with Crippen LogP contribution in [0.1, 0.15) is 35.8 Å². The van der Waals surface area contributed by atoms with Gasteiger partial charge in [0.1, 0.15) is 11.7 Å². The van der Waals surface area contributed by atoms with E-state index in [1.165, 1.54) is 6.07 Å². The molecule has 0 aliphatic heterocycles. The van der Waals surface area contributed by atoms with Gasteiger partial charge in [0.2, 0.25) is 0 Å². The average Bonchev–Trinajstić information content (AvgIpc) is 3.10. The van der Waals surface area contributed by atoms with Gasteiger partial charge in [-0.05, 0) is 18.9 Å². The second-order valence-electron chi connectivity index (χ2n) is 4.64. The van der Waals surface area contributed by atoms with Crippen LogP contribution >= 0.6 is 11.6 Å². The maximum atomic E-state index is 12.1. The van der Waals surface area contributed by atoms with Crippen molar-refractivity contribution in [2.75, 3.05) is 0 Å². The van der Waals surface area contributed by atoms with Crippen molar-refractivity contribution in [3.05, 3.63) is 23.0 Å². The van der Waals surface area contributed by atoms with Crippen molar-refractivity contribution in [1.82, 2.24) is 9.88 Å². The number of carboxylic acids is 2. The highest BCUT2D eigenvalue weighted by Crippen LogP contribution is 2.37. The first-order valence-electron chi connectivity index (χ1n) is 6.01. The van der Waals surface area contributed by atoms with Crippen LogP contribution in [0.25, 0.3) is 0 Å². The molecule has 0 unspecified atom stereocenters. The molecule has 8 heteroatoms. The van der Waals surface area contributed by atoms with Crippen LogP contribution < -0.4 is 5.32 Å². The topological polar surface area (TPSA) is 109 Å². The molecule has 1 atom stereocenters. The van der Waals surface area contributed by atoms with E-state index in [9.17, 15) is 14.4 Å². The van der Waals surface area contributed by atoms with E-state index in [1.807, 2.05) is 0 Å². The number of halogens is 1. The Morgan fingerprint density at radius 3 is 2.55 bits per heavy atom. The minimum Gasteiger partial charge on any atom is -0.481 e. The predicted molar refractivity (Wildman–Crippen MR) is 68.9 cm³/mol. The van der Waals surface area contributed by atoms with E-state index in [4.69, 9.17) is 21.8 Å². The number of nitrogens with zero attached hydrogens (tertiary/aromatic N) is 1. The largest absolute Gasteiger partial charge is 0.481 e. The number of rotatable bonds is 6. The number of aromatic nitrogens is 1. The summed E-state index contributed by atoms with van der Waals surface area (Å²) < 4.78 is 1.69. The Kier molecular flexibility index (Phi) is 3.99. The van der Waals surface area contributed by atoms with Crippen LogP contribution in [0, 0.1) is 0 Å². The zero-order chi connectivity index (χ0) is 14.9. The molecule has 0 spiro atoms. The van der Waals surface area contributed by atoms with Gasteiger partial charge >= 0.3 is 11.9 Å². The molecule has 0 bridgehead atoms. The summed E-state index contributed by atoms with van der Waals surface area (Å²) in [5.41, 5.74) is 0.245. The number of aliphatic carboxylic acids is 2. The number of carbonyl (C=O) groups excluding carboxylic acids is 1. The highest BCUT2D eigenvalue weighted by Gasteiger charge is 2.30. The summed E-state index contributed by atoms with van der Waals surface area (Å²) >= 11 is 5.85. The first-order valence-corrected chi connectivity index (χ1v) is 6.39. The van der Waals surface area contributed by atoms with Gasteiger partial charge in [-0.25, -0.2) is 4.79 Å². The Morgan fingerprint density at radius 1 is 1.40 bits per heavy atom. The lowest BCUT2D eigenvalue weighted by Crippen LogP contribution is -2.42. The lowest BCUT2D eigenvalue weighted by atomic mass is 10.2. The summed E-state index contributed by atoms with van der Waals surface area (Å²) in [6.45, 7) is 0. The van der Waals surface area contributed by atoms with Crippen LogP contribution in [0.4, 0.5) is 0 Å². The molecule has 1 aromatic heterocycles. The summed E-state index contributed by atoms with van der Waals surface area (Å²) in [6, 6.07) is 0.168. The van der Waals surface area contributed by atoms with Crippen molar-refractivity contribution in [1.29, 1.82) is 0 Å². The molecule has 1 aromatic rings. The molecular weight excluding hydrogens is 288 g/mol. The molecule has 20 heavy (non-hydrogen) atoms. The average molecular weight is 301 g/mol. The SMILES string of the molecule is O=C(O)C[C@H](NC(=O)c1cc(Cl)cn1C1CC1)C(=O)O. The molecule has 0 radical (unpaired) electrons. The van der Waals surface area contributed by atoms with E-state index in [0.29, 0.717) is 5.02 Å². The fourth-order valence-electron chi connectivity index (χ4n) is 1.89. The van der Waals surface area contributed by atoms with E-state index in [0.717, 1.165) is 12.8 Å². The minimum atomic E-state index is -1.47. The summed E-state index contributed by atoms with van der Waals surface area (Å²) in [6.07, 6.45) is 2.80. The van der Waals surface area contributed by atoms with Gasteiger partial charge < -0.3 is 20.1 Å². The molecule has 1 amide bonds. The number of carboxylic acid groups (broad SMARTS) is 2. The summed E-state index contributed by atoms with van der Waals surface area (Å²) in [5.74, 6) is -3.33. The third-order valence-corrected chi connectivity index (χ3v) is 3.18. The van der Waals surface area contributed by atoms with Gasteiger partial charge in [-0.1, -0.05) is 11.6 Å². The Balaban J connectivity index is 2.14. The monoisotopic (exact) mass is 300 g/mol. The zero-order valence-corrected chi connectivity index (χ0v) is 11.1. The number of hydrogen-bond donors (Lipinski definition) is 3. The van der Waals surface area contributed by atoms with Crippen LogP contribution in [0.3, 0.4) is 0 Å². The molecule has 7 nitrogen and oxygen atoms in total. The normalized spacial score (nSPS) is 15.7. The van der Waals surface area contributed by atoms with Gasteiger partial charge in [0.25, 0.3) is 5.91 Å². The maximum absolute atomic E-state index is 12.1. The van der Waals surface area contributed by atoms with Gasteiger partial charge in [-0.15, -0.1) is 0 Å². The Labute approximate surface area is 119 Å². The third-order valence-electron chi connectivity index (χ3n) is 2.97. The standard InChI is InChI=1S/C12H13ClN2O5/c13-6-3-9(15(5-6)7-1-2-7)11(18)14-8(12(19)20)4-10(16)17/h3,5,7-8H,1-2,4H2,(H,14,18)(H,16,17)(H,19,20)/t8-/m0/s1. The second kappa shape index (κ2) is 5.54. The molecule has 1 heterocycles. The highest BCUT2D eigenvalue weighted by atomic mass is 35.5. The number of hydrogen-bond acceptors (Lipinski definition) is 3. The maximum Gasteiger partial charge on any atom is 0.326 e. The summed E-state index contributed by atoms with van der Waals surface area (Å²) in [7, 11) is 0. The zero-order valence-electron chi connectivity index (χ0n) is 10.4. The Morgan fingerprint density at radius 2 is 2.05 bits per heavy atom. The number of amides is 1. The fourth-order valence-corrected chi connectivity index (χ4v) is 2.10. The van der Waals surface area contributed by atoms with Crippen molar-refractivity contribution in [2.45, 2.75) is 31.3 Å².